The molecule has 0 spiro atoms. The van der Waals surface area contributed by atoms with Crippen LogP contribution >= 0.6 is 0 Å². The zero-order valence-electron chi connectivity index (χ0n) is 11.8. The van der Waals surface area contributed by atoms with E-state index in [0.717, 1.165) is 0 Å². The van der Waals surface area contributed by atoms with Crippen LogP contribution in [0.2, 0.25) is 0 Å². The van der Waals surface area contributed by atoms with Gasteiger partial charge in [-0.2, -0.15) is 0 Å². The lowest BCUT2D eigenvalue weighted by Crippen LogP contribution is -2.28. The molecule has 0 aromatic carbocycles. The zero-order chi connectivity index (χ0) is 15.0. The van der Waals surface area contributed by atoms with Crippen molar-refractivity contribution < 1.29 is 13.9 Å². The number of carbonyl (C=O) groups is 1. The first kappa shape index (κ1) is 15.6. The molecule has 106 valence electrons. The second-order valence-electron chi connectivity index (χ2n) is 3.94. The summed E-state index contributed by atoms with van der Waals surface area (Å²) in [4.78, 5) is 11.6. The maximum Gasteiger partial charge on any atom is 0.244 e. The summed E-state index contributed by atoms with van der Waals surface area (Å²) in [7, 11) is 1.53. The highest BCUT2D eigenvalue weighted by Crippen LogP contribution is 2.27. The van der Waals surface area contributed by atoms with Crippen LogP contribution in [0.4, 0.5) is 0 Å². The number of hydrogen-bond acceptors (Lipinski definition) is 3. The maximum atomic E-state index is 11.6. The van der Waals surface area contributed by atoms with Gasteiger partial charge in [-0.3, -0.25) is 4.79 Å². The number of furan rings is 1. The Bertz CT molecular complexity index is 524. The fourth-order valence-electron chi connectivity index (χ4n) is 1.63. The molecule has 4 nitrogen and oxygen atoms in total. The van der Waals surface area contributed by atoms with Crippen LogP contribution in [-0.2, 0) is 9.53 Å². The Balaban J connectivity index is 3.20. The minimum atomic E-state index is -0.487. The number of rotatable bonds is 7. The molecule has 0 aliphatic heterocycles. The topological polar surface area (TPSA) is 51.5 Å². The smallest absolute Gasteiger partial charge is 0.244 e. The Hall–Kier alpha value is -2.49. The predicted molar refractivity (Wildman–Crippen MR) is 78.8 cm³/mol. The number of ether oxygens (including phenoxy) is 1. The van der Waals surface area contributed by atoms with Crippen LogP contribution in [0.25, 0.3) is 0 Å². The molecule has 0 aliphatic rings. The van der Waals surface area contributed by atoms with E-state index in [1.165, 1.54) is 13.2 Å². The van der Waals surface area contributed by atoms with Crippen LogP contribution in [0, 0.1) is 0 Å². The molecule has 1 N–H and O–H groups in total. The van der Waals surface area contributed by atoms with Gasteiger partial charge in [0.1, 0.15) is 17.6 Å². The van der Waals surface area contributed by atoms with Crippen LogP contribution in [0.1, 0.15) is 18.7 Å². The molecule has 0 saturated heterocycles. The molecule has 1 aromatic heterocycles. The molecule has 1 rings (SSSR count). The summed E-state index contributed by atoms with van der Waals surface area (Å²) < 4.78 is 10.6. The highest BCUT2D eigenvalue weighted by molar-refractivity contribution is 5.87. The molecule has 0 radical (unpaired) electrons. The number of allylic oxidation sites excluding steroid dienone is 3. The SMILES string of the molecule is C=CC(=O)NC(/C(=C/C=C\C)C(=C)OC)c1ccco1. The molecular weight excluding hydrogens is 254 g/mol. The molecule has 1 heterocycles. The molecule has 1 amide bonds. The standard InChI is InChI=1S/C16H19NO3/c1-5-7-9-13(12(3)19-4)16(17-15(18)6-2)14-10-8-11-20-14/h5-11,16H,2-3H2,1,4H3,(H,17,18)/b7-5-,13-9+. The highest BCUT2D eigenvalue weighted by atomic mass is 16.5. The summed E-state index contributed by atoms with van der Waals surface area (Å²) >= 11 is 0. The lowest BCUT2D eigenvalue weighted by atomic mass is 10.0. The number of nitrogens with one attached hydrogen (secondary N) is 1. The van der Waals surface area contributed by atoms with Gasteiger partial charge in [0, 0.05) is 5.57 Å². The minimum Gasteiger partial charge on any atom is -0.497 e. The van der Waals surface area contributed by atoms with Crippen molar-refractivity contribution in [2.45, 2.75) is 13.0 Å². The normalized spacial score (nSPS) is 13.0. The molecule has 1 unspecified atom stereocenters. The van der Waals surface area contributed by atoms with Crippen LogP contribution in [-0.4, -0.2) is 13.0 Å². The second kappa shape index (κ2) is 7.84. The van der Waals surface area contributed by atoms with Gasteiger partial charge in [0.25, 0.3) is 0 Å². The summed E-state index contributed by atoms with van der Waals surface area (Å²) in [5, 5.41) is 2.80. The van der Waals surface area contributed by atoms with E-state index in [1.807, 2.05) is 25.2 Å². The van der Waals surface area contributed by atoms with Crippen molar-refractivity contribution in [2.24, 2.45) is 0 Å². The summed E-state index contributed by atoms with van der Waals surface area (Å²) in [6.07, 6.45) is 8.29. The molecule has 4 heteroatoms. The van der Waals surface area contributed by atoms with E-state index < -0.39 is 6.04 Å². The van der Waals surface area contributed by atoms with Crippen molar-refractivity contribution >= 4 is 5.91 Å². The Morgan fingerprint density at radius 2 is 2.30 bits per heavy atom. The largest absolute Gasteiger partial charge is 0.497 e. The third-order valence-corrected chi connectivity index (χ3v) is 2.65. The molecule has 0 aliphatic carbocycles. The van der Waals surface area contributed by atoms with Gasteiger partial charge in [0.2, 0.25) is 5.91 Å². The van der Waals surface area contributed by atoms with Crippen LogP contribution in [0.5, 0.6) is 0 Å². The van der Waals surface area contributed by atoms with Gasteiger partial charge < -0.3 is 14.5 Å². The van der Waals surface area contributed by atoms with Gasteiger partial charge in [-0.1, -0.05) is 31.4 Å². The van der Waals surface area contributed by atoms with Crippen molar-refractivity contribution in [3.05, 3.63) is 73.0 Å². The highest BCUT2D eigenvalue weighted by Gasteiger charge is 2.23. The average molecular weight is 273 g/mol. The van der Waals surface area contributed by atoms with Gasteiger partial charge in [-0.15, -0.1) is 0 Å². The third-order valence-electron chi connectivity index (χ3n) is 2.65. The van der Waals surface area contributed by atoms with E-state index >= 15 is 0 Å². The molecule has 0 bridgehead atoms. The fraction of sp³-hybridized carbons (Fsp3) is 0.188. The number of hydrogen-bond donors (Lipinski definition) is 1. The zero-order valence-corrected chi connectivity index (χ0v) is 11.8. The van der Waals surface area contributed by atoms with Crippen molar-refractivity contribution in [3.8, 4) is 0 Å². The molecule has 20 heavy (non-hydrogen) atoms. The fourth-order valence-corrected chi connectivity index (χ4v) is 1.63. The summed E-state index contributed by atoms with van der Waals surface area (Å²) in [6.45, 7) is 9.20. The Morgan fingerprint density at radius 3 is 2.80 bits per heavy atom. The van der Waals surface area contributed by atoms with Crippen molar-refractivity contribution in [1.82, 2.24) is 5.32 Å². The van der Waals surface area contributed by atoms with Gasteiger partial charge in [-0.25, -0.2) is 0 Å². The van der Waals surface area contributed by atoms with Crippen LogP contribution in [0.3, 0.4) is 0 Å². The molecule has 1 aromatic rings. The Labute approximate surface area is 119 Å². The van der Waals surface area contributed by atoms with Gasteiger partial charge in [0.15, 0.2) is 0 Å². The van der Waals surface area contributed by atoms with E-state index in [4.69, 9.17) is 9.15 Å². The van der Waals surface area contributed by atoms with E-state index in [1.54, 1.807) is 18.4 Å². The van der Waals surface area contributed by atoms with Crippen molar-refractivity contribution in [1.29, 1.82) is 0 Å². The van der Waals surface area contributed by atoms with Crippen LogP contribution in [0.15, 0.2) is 71.6 Å². The van der Waals surface area contributed by atoms with Crippen LogP contribution < -0.4 is 5.32 Å². The van der Waals surface area contributed by atoms with E-state index in [9.17, 15) is 4.79 Å². The van der Waals surface area contributed by atoms with Gasteiger partial charge in [0.05, 0.1) is 13.4 Å². The summed E-state index contributed by atoms with van der Waals surface area (Å²) in [5.41, 5.74) is 0.704. The van der Waals surface area contributed by atoms with E-state index in [2.05, 4.69) is 18.5 Å². The average Bonchev–Trinajstić information content (AvgIpc) is 2.99. The van der Waals surface area contributed by atoms with Crippen molar-refractivity contribution in [2.75, 3.05) is 7.11 Å². The molecule has 0 saturated carbocycles. The number of carbonyl (C=O) groups excluding carboxylic acids is 1. The third kappa shape index (κ3) is 4.02. The molecule has 1 atom stereocenters. The second-order valence-corrected chi connectivity index (χ2v) is 3.94. The summed E-state index contributed by atoms with van der Waals surface area (Å²) in [5.74, 6) is 0.740. The predicted octanol–water partition coefficient (Wildman–Crippen LogP) is 3.29. The first-order valence-electron chi connectivity index (χ1n) is 6.16. The Morgan fingerprint density at radius 1 is 1.55 bits per heavy atom. The van der Waals surface area contributed by atoms with E-state index in [0.29, 0.717) is 17.1 Å². The van der Waals surface area contributed by atoms with Crippen molar-refractivity contribution in [3.63, 3.8) is 0 Å². The molecular formula is C16H19NO3. The molecule has 0 fully saturated rings. The van der Waals surface area contributed by atoms with E-state index in [-0.39, 0.29) is 5.91 Å². The first-order valence-corrected chi connectivity index (χ1v) is 6.16. The number of methoxy groups -OCH3 is 1. The van der Waals surface area contributed by atoms with Gasteiger partial charge >= 0.3 is 0 Å². The maximum absolute atomic E-state index is 11.6. The minimum absolute atomic E-state index is 0.304. The monoisotopic (exact) mass is 273 g/mol. The lowest BCUT2D eigenvalue weighted by molar-refractivity contribution is -0.117. The lowest BCUT2D eigenvalue weighted by Gasteiger charge is -2.20. The summed E-state index contributed by atoms with van der Waals surface area (Å²) in [6, 6.07) is 3.05. The number of amides is 1. The quantitative estimate of drug-likeness (QED) is 0.471. The van der Waals surface area contributed by atoms with Gasteiger partial charge in [-0.05, 0) is 25.1 Å². The Kier molecular flexibility index (Phi) is 6.10. The first-order chi connectivity index (χ1) is 9.63.